The molecule has 1 fully saturated rings. The van der Waals surface area contributed by atoms with Crippen molar-refractivity contribution in [1.82, 2.24) is 0 Å². The first-order chi connectivity index (χ1) is 14.3. The Morgan fingerprint density at radius 2 is 1.80 bits per heavy atom. The van der Waals surface area contributed by atoms with Gasteiger partial charge in [0.1, 0.15) is 0 Å². The topological polar surface area (TPSA) is 75.7 Å². The SMILES string of the molecule is CSc1ccc(N2CC(C(=O)OCC(=O)Nc3c(Cl)cc(Cl)cc3Cl)CC2=O)cc1. The van der Waals surface area contributed by atoms with Gasteiger partial charge in [-0.1, -0.05) is 34.8 Å². The normalized spacial score (nSPS) is 15.9. The molecule has 158 valence electrons. The van der Waals surface area contributed by atoms with Crippen molar-refractivity contribution in [3.63, 3.8) is 0 Å². The number of anilines is 2. The van der Waals surface area contributed by atoms with E-state index in [0.717, 1.165) is 10.6 Å². The summed E-state index contributed by atoms with van der Waals surface area (Å²) in [5.41, 5.74) is 0.901. The van der Waals surface area contributed by atoms with Crippen molar-refractivity contribution in [1.29, 1.82) is 0 Å². The number of carbonyl (C=O) groups is 3. The molecule has 10 heteroatoms. The highest BCUT2D eigenvalue weighted by Gasteiger charge is 2.36. The van der Waals surface area contributed by atoms with E-state index < -0.39 is 24.4 Å². The summed E-state index contributed by atoms with van der Waals surface area (Å²) < 4.78 is 5.09. The summed E-state index contributed by atoms with van der Waals surface area (Å²) in [5.74, 6) is -2.04. The predicted octanol–water partition coefficient (Wildman–Crippen LogP) is 4.90. The van der Waals surface area contributed by atoms with Crippen molar-refractivity contribution in [3.05, 3.63) is 51.5 Å². The number of nitrogens with zero attached hydrogens (tertiary/aromatic N) is 1. The van der Waals surface area contributed by atoms with Gasteiger partial charge in [-0.25, -0.2) is 0 Å². The molecule has 6 nitrogen and oxygen atoms in total. The Hall–Kier alpha value is -1.93. The maximum absolute atomic E-state index is 12.3. The van der Waals surface area contributed by atoms with Gasteiger partial charge in [0.2, 0.25) is 5.91 Å². The summed E-state index contributed by atoms with van der Waals surface area (Å²) >= 11 is 19.5. The maximum atomic E-state index is 12.3. The third-order valence-electron chi connectivity index (χ3n) is 4.46. The maximum Gasteiger partial charge on any atom is 0.311 e. The fraction of sp³-hybridized carbons (Fsp3) is 0.250. The van der Waals surface area contributed by atoms with Crippen LogP contribution in [0.3, 0.4) is 0 Å². The lowest BCUT2D eigenvalue weighted by Gasteiger charge is -2.17. The number of hydrogen-bond acceptors (Lipinski definition) is 5. The Balaban J connectivity index is 1.55. The summed E-state index contributed by atoms with van der Waals surface area (Å²) in [5, 5.41) is 3.14. The molecule has 30 heavy (non-hydrogen) atoms. The second-order valence-corrected chi connectivity index (χ2v) is 8.63. The van der Waals surface area contributed by atoms with Crippen molar-refractivity contribution < 1.29 is 19.1 Å². The number of carbonyl (C=O) groups excluding carboxylic acids is 3. The van der Waals surface area contributed by atoms with Crippen molar-refractivity contribution in [2.45, 2.75) is 11.3 Å². The number of halogens is 3. The Morgan fingerprint density at radius 1 is 1.17 bits per heavy atom. The van der Waals surface area contributed by atoms with E-state index >= 15 is 0 Å². The van der Waals surface area contributed by atoms with Gasteiger partial charge in [-0.05, 0) is 42.7 Å². The molecule has 2 aromatic rings. The highest BCUT2D eigenvalue weighted by molar-refractivity contribution is 7.98. The van der Waals surface area contributed by atoms with E-state index in [1.165, 1.54) is 12.1 Å². The molecule has 1 saturated heterocycles. The lowest BCUT2D eigenvalue weighted by Crippen LogP contribution is -2.28. The van der Waals surface area contributed by atoms with Crippen LogP contribution in [0.25, 0.3) is 0 Å². The number of benzene rings is 2. The second-order valence-electron chi connectivity index (χ2n) is 6.50. The quantitative estimate of drug-likeness (QED) is 0.463. The molecular formula is C20H17Cl3N2O4S. The Morgan fingerprint density at radius 3 is 2.40 bits per heavy atom. The Bertz CT molecular complexity index is 962. The molecule has 0 aliphatic carbocycles. The first-order valence-electron chi connectivity index (χ1n) is 8.84. The van der Waals surface area contributed by atoms with E-state index in [1.54, 1.807) is 16.7 Å². The van der Waals surface area contributed by atoms with Crippen LogP contribution >= 0.6 is 46.6 Å². The van der Waals surface area contributed by atoms with Crippen LogP contribution in [-0.2, 0) is 19.1 Å². The molecule has 2 aromatic carbocycles. The fourth-order valence-corrected chi connectivity index (χ4v) is 4.29. The van der Waals surface area contributed by atoms with Crippen LogP contribution in [-0.4, -0.2) is 37.2 Å². The zero-order valence-electron chi connectivity index (χ0n) is 15.8. The minimum atomic E-state index is -0.645. The molecule has 0 spiro atoms. The highest BCUT2D eigenvalue weighted by atomic mass is 35.5. The average molecular weight is 488 g/mol. The predicted molar refractivity (Wildman–Crippen MR) is 120 cm³/mol. The van der Waals surface area contributed by atoms with Crippen LogP contribution < -0.4 is 10.2 Å². The van der Waals surface area contributed by atoms with Gasteiger partial charge in [0.15, 0.2) is 6.61 Å². The zero-order chi connectivity index (χ0) is 21.8. The Kier molecular flexibility index (Phi) is 7.52. The van der Waals surface area contributed by atoms with Gasteiger partial charge in [-0.2, -0.15) is 0 Å². The number of rotatable bonds is 6. The summed E-state index contributed by atoms with van der Waals surface area (Å²) in [4.78, 5) is 39.4. The third kappa shape index (κ3) is 5.40. The van der Waals surface area contributed by atoms with Crippen LogP contribution in [0.15, 0.2) is 41.3 Å². The second kappa shape index (κ2) is 9.92. The van der Waals surface area contributed by atoms with Crippen LogP contribution in [0.4, 0.5) is 11.4 Å². The smallest absolute Gasteiger partial charge is 0.311 e. The van der Waals surface area contributed by atoms with Crippen LogP contribution in [0, 0.1) is 5.92 Å². The largest absolute Gasteiger partial charge is 0.455 e. The zero-order valence-corrected chi connectivity index (χ0v) is 18.9. The van der Waals surface area contributed by atoms with E-state index in [2.05, 4.69) is 5.32 Å². The lowest BCUT2D eigenvalue weighted by atomic mass is 10.1. The molecule has 1 heterocycles. The number of esters is 1. The molecular weight excluding hydrogens is 471 g/mol. The molecule has 0 radical (unpaired) electrons. The highest BCUT2D eigenvalue weighted by Crippen LogP contribution is 2.33. The summed E-state index contributed by atoms with van der Waals surface area (Å²) in [7, 11) is 0. The number of amides is 2. The molecule has 0 bridgehead atoms. The first kappa shape index (κ1) is 22.7. The van der Waals surface area contributed by atoms with E-state index in [-0.39, 0.29) is 34.6 Å². The number of hydrogen-bond donors (Lipinski definition) is 1. The standard InChI is InChI=1S/C20H17Cl3N2O4S/c1-30-14-4-2-13(3-5-14)25-9-11(6-18(25)27)20(28)29-10-17(26)24-19-15(22)7-12(21)8-16(19)23/h2-5,7-8,11H,6,9-10H2,1H3,(H,24,26). The summed E-state index contributed by atoms with van der Waals surface area (Å²) in [6.45, 7) is -0.325. The van der Waals surface area contributed by atoms with E-state index in [0.29, 0.717) is 5.02 Å². The lowest BCUT2D eigenvalue weighted by molar-refractivity contribution is -0.151. The monoisotopic (exact) mass is 486 g/mol. The van der Waals surface area contributed by atoms with Crippen molar-refractivity contribution in [2.24, 2.45) is 5.92 Å². The molecule has 0 aromatic heterocycles. The Labute approximate surface area is 192 Å². The first-order valence-corrected chi connectivity index (χ1v) is 11.2. The van der Waals surface area contributed by atoms with Crippen molar-refractivity contribution in [2.75, 3.05) is 29.6 Å². The third-order valence-corrected chi connectivity index (χ3v) is 6.02. The van der Waals surface area contributed by atoms with Crippen molar-refractivity contribution >= 4 is 75.7 Å². The average Bonchev–Trinajstić information content (AvgIpc) is 3.10. The molecule has 1 atom stereocenters. The number of nitrogens with one attached hydrogen (secondary N) is 1. The summed E-state index contributed by atoms with van der Waals surface area (Å²) in [6, 6.07) is 10.4. The molecule has 0 saturated carbocycles. The van der Waals surface area contributed by atoms with Gasteiger partial charge in [-0.15, -0.1) is 11.8 Å². The molecule has 1 aliphatic heterocycles. The van der Waals surface area contributed by atoms with Crippen LogP contribution in [0.5, 0.6) is 0 Å². The van der Waals surface area contributed by atoms with E-state index in [1.807, 2.05) is 30.5 Å². The molecule has 1 aliphatic rings. The molecule has 1 N–H and O–H groups in total. The minimum absolute atomic E-state index is 0.0274. The number of ether oxygens (including phenoxy) is 1. The van der Waals surface area contributed by atoms with Gasteiger partial charge < -0.3 is 15.0 Å². The summed E-state index contributed by atoms with van der Waals surface area (Å²) in [6.07, 6.45) is 1.99. The molecule has 1 unspecified atom stereocenters. The van der Waals surface area contributed by atoms with E-state index in [9.17, 15) is 14.4 Å². The van der Waals surface area contributed by atoms with Gasteiger partial charge in [0, 0.05) is 28.6 Å². The van der Waals surface area contributed by atoms with Gasteiger partial charge in [0.05, 0.1) is 21.7 Å². The minimum Gasteiger partial charge on any atom is -0.455 e. The molecule has 3 rings (SSSR count). The van der Waals surface area contributed by atoms with Gasteiger partial charge in [0.25, 0.3) is 5.91 Å². The van der Waals surface area contributed by atoms with Crippen LogP contribution in [0.2, 0.25) is 15.1 Å². The van der Waals surface area contributed by atoms with Gasteiger partial charge in [-0.3, -0.25) is 14.4 Å². The number of thioether (sulfide) groups is 1. The van der Waals surface area contributed by atoms with Crippen LogP contribution in [0.1, 0.15) is 6.42 Å². The van der Waals surface area contributed by atoms with Crippen molar-refractivity contribution in [3.8, 4) is 0 Å². The fourth-order valence-electron chi connectivity index (χ4n) is 2.97. The van der Waals surface area contributed by atoms with E-state index in [4.69, 9.17) is 39.5 Å². The van der Waals surface area contributed by atoms with Gasteiger partial charge >= 0.3 is 5.97 Å². The molecule has 2 amide bonds.